The molecule has 0 saturated carbocycles. The Hall–Kier alpha value is -4.23. The van der Waals surface area contributed by atoms with Crippen LogP contribution in [0.5, 0.6) is 5.75 Å². The lowest BCUT2D eigenvalue weighted by molar-refractivity contribution is -0.117. The van der Waals surface area contributed by atoms with Crippen molar-refractivity contribution in [2.75, 3.05) is 12.0 Å². The Labute approximate surface area is 213 Å². The molecule has 0 radical (unpaired) electrons. The number of benzene rings is 3. The van der Waals surface area contributed by atoms with Crippen LogP contribution in [-0.4, -0.2) is 28.9 Å². The van der Waals surface area contributed by atoms with Crippen molar-refractivity contribution in [3.05, 3.63) is 112 Å². The molecule has 0 saturated heterocycles. The van der Waals surface area contributed by atoms with Gasteiger partial charge >= 0.3 is 0 Å². The molecule has 180 valence electrons. The molecule has 2 heterocycles. The van der Waals surface area contributed by atoms with Gasteiger partial charge in [0.15, 0.2) is 5.76 Å². The van der Waals surface area contributed by atoms with Gasteiger partial charge in [-0.15, -0.1) is 11.3 Å². The van der Waals surface area contributed by atoms with Crippen molar-refractivity contribution in [2.45, 2.75) is 19.9 Å². The summed E-state index contributed by atoms with van der Waals surface area (Å²) < 4.78 is 5.36. The number of aromatic nitrogens is 1. The van der Waals surface area contributed by atoms with Crippen molar-refractivity contribution in [1.82, 2.24) is 4.98 Å². The number of hydrogen-bond donors (Lipinski definition) is 1. The number of ether oxygens (including phenoxy) is 1. The Bertz CT molecular complexity index is 1510. The lowest BCUT2D eigenvalue weighted by Gasteiger charge is -2.28. The first-order chi connectivity index (χ1) is 17.4. The summed E-state index contributed by atoms with van der Waals surface area (Å²) in [6, 6.07) is 23.4. The molecule has 4 aromatic rings. The largest absolute Gasteiger partial charge is 0.503 e. The molecule has 36 heavy (non-hydrogen) atoms. The molecule has 7 heteroatoms. The van der Waals surface area contributed by atoms with Gasteiger partial charge in [-0.3, -0.25) is 14.5 Å². The predicted molar refractivity (Wildman–Crippen MR) is 141 cm³/mol. The van der Waals surface area contributed by atoms with Crippen molar-refractivity contribution in [2.24, 2.45) is 0 Å². The minimum Gasteiger partial charge on any atom is -0.503 e. The number of aryl methyl sites for hydroxylation is 2. The highest BCUT2D eigenvalue weighted by atomic mass is 32.1. The Morgan fingerprint density at radius 1 is 1.00 bits per heavy atom. The summed E-state index contributed by atoms with van der Waals surface area (Å²) in [5, 5.41) is 11.8. The number of anilines is 1. The third-order valence-corrected chi connectivity index (χ3v) is 7.50. The number of rotatable bonds is 6. The summed E-state index contributed by atoms with van der Waals surface area (Å²) in [7, 11) is 1.55. The van der Waals surface area contributed by atoms with Crippen molar-refractivity contribution in [3.8, 4) is 16.3 Å². The van der Waals surface area contributed by atoms with E-state index in [9.17, 15) is 14.7 Å². The van der Waals surface area contributed by atoms with Crippen molar-refractivity contribution in [3.63, 3.8) is 0 Å². The monoisotopic (exact) mass is 496 g/mol. The van der Waals surface area contributed by atoms with Gasteiger partial charge in [0.1, 0.15) is 10.8 Å². The minimum absolute atomic E-state index is 0.0449. The van der Waals surface area contributed by atoms with Crippen molar-refractivity contribution < 1.29 is 19.4 Å². The zero-order valence-electron chi connectivity index (χ0n) is 20.1. The quantitative estimate of drug-likeness (QED) is 0.321. The van der Waals surface area contributed by atoms with E-state index < -0.39 is 23.5 Å². The van der Waals surface area contributed by atoms with E-state index in [2.05, 4.69) is 4.98 Å². The number of amides is 1. The van der Waals surface area contributed by atoms with Crippen LogP contribution in [0.1, 0.15) is 32.5 Å². The van der Waals surface area contributed by atoms with E-state index in [0.717, 1.165) is 16.7 Å². The summed E-state index contributed by atoms with van der Waals surface area (Å²) in [4.78, 5) is 34.0. The van der Waals surface area contributed by atoms with E-state index in [1.54, 1.807) is 38.3 Å². The summed E-state index contributed by atoms with van der Waals surface area (Å²) in [6.45, 7) is 3.69. The van der Waals surface area contributed by atoms with Gasteiger partial charge in [0.25, 0.3) is 5.91 Å². The van der Waals surface area contributed by atoms with E-state index >= 15 is 0 Å². The maximum absolute atomic E-state index is 14.0. The predicted octanol–water partition coefficient (Wildman–Crippen LogP) is 6.22. The van der Waals surface area contributed by atoms with Gasteiger partial charge in [0.05, 0.1) is 29.3 Å². The molecular weight excluding hydrogens is 472 g/mol. The molecule has 1 amide bonds. The van der Waals surface area contributed by atoms with Crippen molar-refractivity contribution >= 4 is 28.7 Å². The number of hydrogen-bond acceptors (Lipinski definition) is 6. The topological polar surface area (TPSA) is 79.7 Å². The number of ketones is 1. The second-order valence-electron chi connectivity index (χ2n) is 8.53. The molecule has 0 spiro atoms. The molecule has 1 N–H and O–H groups in total. The third-order valence-electron chi connectivity index (χ3n) is 6.29. The molecule has 6 nitrogen and oxygen atoms in total. The van der Waals surface area contributed by atoms with E-state index in [4.69, 9.17) is 4.74 Å². The summed E-state index contributed by atoms with van der Waals surface area (Å²) in [5.41, 5.74) is 3.68. The normalized spacial score (nSPS) is 15.5. The number of aliphatic hydroxyl groups excluding tert-OH is 1. The van der Waals surface area contributed by atoms with Gasteiger partial charge in [-0.25, -0.2) is 4.98 Å². The first kappa shape index (κ1) is 23.5. The van der Waals surface area contributed by atoms with E-state index in [-0.39, 0.29) is 5.57 Å². The van der Waals surface area contributed by atoms with Crippen LogP contribution in [0, 0.1) is 13.8 Å². The summed E-state index contributed by atoms with van der Waals surface area (Å²) in [5.74, 6) is -1.03. The second kappa shape index (κ2) is 9.43. The van der Waals surface area contributed by atoms with Crippen LogP contribution in [-0.2, 0) is 4.79 Å². The number of methoxy groups -OCH3 is 1. The molecule has 1 unspecified atom stereocenters. The van der Waals surface area contributed by atoms with Crippen LogP contribution in [0.25, 0.3) is 10.6 Å². The van der Waals surface area contributed by atoms with E-state index in [1.165, 1.54) is 16.2 Å². The molecule has 0 fully saturated rings. The molecular formula is C29H24N2O4S. The Balaban J connectivity index is 1.65. The Kier molecular flexibility index (Phi) is 6.16. The Morgan fingerprint density at radius 2 is 1.72 bits per heavy atom. The molecule has 1 aliphatic heterocycles. The number of aliphatic hydroxyl groups is 1. The fraction of sp³-hybridized carbons (Fsp3) is 0.138. The maximum Gasteiger partial charge on any atom is 0.294 e. The fourth-order valence-electron chi connectivity index (χ4n) is 4.49. The molecule has 0 bridgehead atoms. The first-order valence-electron chi connectivity index (χ1n) is 11.4. The van der Waals surface area contributed by atoms with E-state index in [1.807, 2.05) is 61.5 Å². The van der Waals surface area contributed by atoms with Gasteiger partial charge in [-0.1, -0.05) is 60.7 Å². The van der Waals surface area contributed by atoms with Crippen LogP contribution >= 0.6 is 11.3 Å². The van der Waals surface area contributed by atoms with Crippen LogP contribution in [0.2, 0.25) is 0 Å². The molecule has 1 atom stereocenters. The number of nitrogens with zero attached hydrogens (tertiary/aromatic N) is 2. The third kappa shape index (κ3) is 3.97. The smallest absolute Gasteiger partial charge is 0.294 e. The van der Waals surface area contributed by atoms with Gasteiger partial charge in [-0.2, -0.15) is 0 Å². The lowest BCUT2D eigenvalue weighted by atomic mass is 9.92. The zero-order valence-corrected chi connectivity index (χ0v) is 20.9. The van der Waals surface area contributed by atoms with Gasteiger partial charge in [0, 0.05) is 17.3 Å². The molecule has 1 aromatic heterocycles. The highest BCUT2D eigenvalue weighted by molar-refractivity contribution is 7.17. The second-order valence-corrected chi connectivity index (χ2v) is 9.53. The minimum atomic E-state index is -0.806. The SMILES string of the molecule is COc1cccc(N2C(=O)C(O)=C(C(=O)c3sc(-c4ccccc4)nc3C)C2c2ccccc2C)c1. The van der Waals surface area contributed by atoms with Gasteiger partial charge in [-0.05, 0) is 37.1 Å². The van der Waals surface area contributed by atoms with Crippen LogP contribution < -0.4 is 9.64 Å². The fourth-order valence-corrected chi connectivity index (χ4v) is 5.51. The molecule has 1 aliphatic rings. The number of carbonyl (C=O) groups is 2. The summed E-state index contributed by atoms with van der Waals surface area (Å²) >= 11 is 1.26. The van der Waals surface area contributed by atoms with Crippen LogP contribution in [0.3, 0.4) is 0 Å². The number of thiazole rings is 1. The molecule has 3 aromatic carbocycles. The lowest BCUT2D eigenvalue weighted by Crippen LogP contribution is -2.31. The highest BCUT2D eigenvalue weighted by Crippen LogP contribution is 2.44. The first-order valence-corrected chi connectivity index (χ1v) is 12.3. The number of carbonyl (C=O) groups excluding carboxylic acids is 2. The molecule has 5 rings (SSSR count). The average Bonchev–Trinajstić information content (AvgIpc) is 3.41. The van der Waals surface area contributed by atoms with Crippen LogP contribution in [0.15, 0.2) is 90.2 Å². The van der Waals surface area contributed by atoms with Gasteiger partial charge < -0.3 is 9.84 Å². The molecule has 0 aliphatic carbocycles. The maximum atomic E-state index is 14.0. The summed E-state index contributed by atoms with van der Waals surface area (Å²) in [6.07, 6.45) is 0. The number of Topliss-reactive ketones (excluding diaryl/α,β-unsaturated/α-hetero) is 1. The Morgan fingerprint density at radius 3 is 2.44 bits per heavy atom. The average molecular weight is 497 g/mol. The zero-order chi connectivity index (χ0) is 25.4. The highest BCUT2D eigenvalue weighted by Gasteiger charge is 2.45. The van der Waals surface area contributed by atoms with Crippen LogP contribution in [0.4, 0.5) is 5.69 Å². The van der Waals surface area contributed by atoms with Crippen molar-refractivity contribution in [1.29, 1.82) is 0 Å². The van der Waals surface area contributed by atoms with Gasteiger partial charge in [0.2, 0.25) is 5.78 Å². The van der Waals surface area contributed by atoms with E-state index in [0.29, 0.717) is 27.0 Å². The standard InChI is InChI=1S/C29H24N2O4S/c1-17-10-7-8-15-22(17)24-23(26(33)29(34)31(24)20-13-9-14-21(16-20)35-3)25(32)27-18(2)30-28(36-27)19-11-5-4-6-12-19/h4-16,24,33H,1-3H3.